The fraction of sp³-hybridized carbons (Fsp3) is 0.280. The van der Waals surface area contributed by atoms with Crippen LogP contribution in [0.5, 0.6) is 0 Å². The van der Waals surface area contributed by atoms with E-state index in [1.165, 1.54) is 5.56 Å². The molecule has 9 heteroatoms. The Bertz CT molecular complexity index is 1250. The standard InChI is InChI=1S/C25H26AsClN5O2/c1-4-32-20-13-17(12-11-16(20)8-6-10-21(32)33)30-25-29-14-19(27)23(31-25)26-22-15(2)7-5-9-18(22)24(34)28-3/h5,7,9,11-14H,4,6,8,10H2,1-3H3,(H,28,34)(H,29,30,31). The second-order valence-corrected chi connectivity index (χ2v) is 10.7. The predicted octanol–water partition coefficient (Wildman–Crippen LogP) is 2.89. The molecule has 1 aromatic heterocycles. The number of carbonyl (C=O) groups is 2. The maximum atomic E-state index is 12.5. The van der Waals surface area contributed by atoms with Crippen LogP contribution < -0.4 is 24.4 Å². The first kappa shape index (κ1) is 24.2. The van der Waals surface area contributed by atoms with Gasteiger partial charge in [-0.15, -0.1) is 0 Å². The summed E-state index contributed by atoms with van der Waals surface area (Å²) in [6, 6.07) is 11.7. The summed E-state index contributed by atoms with van der Waals surface area (Å²) >= 11 is 5.81. The van der Waals surface area contributed by atoms with Crippen LogP contribution in [0.4, 0.5) is 17.3 Å². The van der Waals surface area contributed by atoms with Crippen molar-refractivity contribution in [3.63, 3.8) is 0 Å². The van der Waals surface area contributed by atoms with E-state index in [4.69, 9.17) is 16.6 Å². The molecule has 0 spiro atoms. The zero-order valence-electron chi connectivity index (χ0n) is 19.4. The molecule has 4 rings (SSSR count). The minimum absolute atomic E-state index is 0.127. The Morgan fingerprint density at radius 3 is 2.82 bits per heavy atom. The van der Waals surface area contributed by atoms with Gasteiger partial charge in [-0.3, -0.25) is 0 Å². The normalized spacial score (nSPS) is 13.6. The Balaban J connectivity index is 1.64. The number of hydrogen-bond donors (Lipinski definition) is 2. The number of nitrogens with zero attached hydrogens (tertiary/aromatic N) is 3. The van der Waals surface area contributed by atoms with E-state index >= 15 is 0 Å². The number of nitrogens with one attached hydrogen (secondary N) is 2. The number of anilines is 3. The number of rotatable bonds is 6. The third kappa shape index (κ3) is 5.11. The van der Waals surface area contributed by atoms with Crippen molar-refractivity contribution < 1.29 is 9.59 Å². The van der Waals surface area contributed by atoms with Crippen molar-refractivity contribution in [3.8, 4) is 0 Å². The van der Waals surface area contributed by atoms with E-state index < -0.39 is 15.8 Å². The number of hydrogen-bond acceptors (Lipinski definition) is 5. The van der Waals surface area contributed by atoms with E-state index in [2.05, 4.69) is 21.7 Å². The molecule has 0 fully saturated rings. The molecule has 2 amide bonds. The number of carbonyl (C=O) groups excluding carboxylic acids is 2. The molecule has 1 radical (unpaired) electrons. The van der Waals surface area contributed by atoms with Gasteiger partial charge in [0.25, 0.3) is 0 Å². The SMILES string of the molecule is CCN1C(=O)CCCc2ccc(Nc3ncc(Cl)c([As]c4c(C)cccc4C(=O)NC)n3)cc21. The van der Waals surface area contributed by atoms with Crippen molar-refractivity contribution in [1.29, 1.82) is 0 Å². The number of fused-ring (bicyclic) bond motifs is 1. The van der Waals surface area contributed by atoms with E-state index in [9.17, 15) is 9.59 Å². The van der Waals surface area contributed by atoms with Crippen LogP contribution in [0, 0.1) is 6.92 Å². The second-order valence-electron chi connectivity index (χ2n) is 7.99. The zero-order chi connectivity index (χ0) is 24.2. The van der Waals surface area contributed by atoms with Crippen LogP contribution in [0.15, 0.2) is 42.6 Å². The first-order valence-electron chi connectivity index (χ1n) is 11.2. The van der Waals surface area contributed by atoms with Gasteiger partial charge in [0.2, 0.25) is 0 Å². The summed E-state index contributed by atoms with van der Waals surface area (Å²) in [6.45, 7) is 4.61. The molecule has 34 heavy (non-hydrogen) atoms. The van der Waals surface area contributed by atoms with Crippen LogP contribution in [-0.2, 0) is 11.2 Å². The Hall–Kier alpha value is -2.89. The summed E-state index contributed by atoms with van der Waals surface area (Å²) in [4.78, 5) is 35.8. The second kappa shape index (κ2) is 10.6. The van der Waals surface area contributed by atoms with Crippen LogP contribution >= 0.6 is 11.6 Å². The average molecular weight is 539 g/mol. The molecule has 0 saturated heterocycles. The molecule has 1 aliphatic rings. The topological polar surface area (TPSA) is 87.2 Å². The molecule has 0 unspecified atom stereocenters. The molecule has 175 valence electrons. The first-order valence-corrected chi connectivity index (χ1v) is 13.4. The molecule has 0 aliphatic carbocycles. The third-order valence-electron chi connectivity index (χ3n) is 5.74. The van der Waals surface area contributed by atoms with Gasteiger partial charge in [0.15, 0.2) is 0 Å². The Kier molecular flexibility index (Phi) is 7.54. The fourth-order valence-corrected chi connectivity index (χ4v) is 6.56. The zero-order valence-corrected chi connectivity index (χ0v) is 22.0. The molecular weight excluding hydrogens is 513 g/mol. The van der Waals surface area contributed by atoms with E-state index in [1.54, 1.807) is 13.2 Å². The van der Waals surface area contributed by atoms with Gasteiger partial charge in [-0.05, 0) is 0 Å². The molecular formula is C25H26AsClN5O2. The van der Waals surface area contributed by atoms with Gasteiger partial charge < -0.3 is 0 Å². The quantitative estimate of drug-likeness (QED) is 0.471. The van der Waals surface area contributed by atoms with Crippen molar-refractivity contribution in [2.45, 2.75) is 33.1 Å². The Morgan fingerprint density at radius 2 is 2.06 bits per heavy atom. The molecule has 1 aliphatic heterocycles. The summed E-state index contributed by atoms with van der Waals surface area (Å²) in [5, 5.41) is 6.44. The molecule has 7 nitrogen and oxygen atoms in total. The molecule has 2 aromatic carbocycles. The van der Waals surface area contributed by atoms with Crippen molar-refractivity contribution in [2.75, 3.05) is 23.8 Å². The van der Waals surface area contributed by atoms with Crippen molar-refractivity contribution in [3.05, 3.63) is 64.3 Å². The number of amides is 2. The maximum absolute atomic E-state index is 12.5. The fourth-order valence-electron chi connectivity index (χ4n) is 4.01. The Morgan fingerprint density at radius 1 is 1.24 bits per heavy atom. The third-order valence-corrected chi connectivity index (χ3v) is 9.18. The van der Waals surface area contributed by atoms with Crippen LogP contribution in [0.1, 0.15) is 41.3 Å². The minimum atomic E-state index is -0.652. The van der Waals surface area contributed by atoms with Gasteiger partial charge in [0, 0.05) is 0 Å². The molecule has 3 aromatic rings. The number of aryl methyl sites for hydroxylation is 2. The summed E-state index contributed by atoms with van der Waals surface area (Å²) < 4.78 is 1.68. The van der Waals surface area contributed by atoms with Crippen molar-refractivity contribution >= 4 is 65.3 Å². The number of benzene rings is 2. The van der Waals surface area contributed by atoms with Crippen LogP contribution in [0.2, 0.25) is 5.02 Å². The first-order chi connectivity index (χ1) is 16.4. The number of halogens is 1. The molecule has 0 saturated carbocycles. The van der Waals surface area contributed by atoms with Gasteiger partial charge in [-0.2, -0.15) is 0 Å². The Labute approximate surface area is 211 Å². The average Bonchev–Trinajstić information content (AvgIpc) is 2.99. The summed E-state index contributed by atoms with van der Waals surface area (Å²) in [5.74, 6) is 0.447. The van der Waals surface area contributed by atoms with E-state index in [1.807, 2.05) is 49.1 Å². The molecule has 0 atom stereocenters. The predicted molar refractivity (Wildman–Crippen MR) is 137 cm³/mol. The number of aromatic nitrogens is 2. The van der Waals surface area contributed by atoms with Gasteiger partial charge in [-0.1, -0.05) is 0 Å². The van der Waals surface area contributed by atoms with Gasteiger partial charge in [0.1, 0.15) is 0 Å². The van der Waals surface area contributed by atoms with Crippen LogP contribution in [-0.4, -0.2) is 51.1 Å². The molecule has 0 bridgehead atoms. The van der Waals surface area contributed by atoms with Gasteiger partial charge >= 0.3 is 211 Å². The summed E-state index contributed by atoms with van der Waals surface area (Å²) in [5.41, 5.74) is 4.58. The molecule has 2 N–H and O–H groups in total. The van der Waals surface area contributed by atoms with E-state index in [0.717, 1.165) is 38.6 Å². The van der Waals surface area contributed by atoms with Gasteiger partial charge in [-0.25, -0.2) is 0 Å². The molecule has 2 heterocycles. The van der Waals surface area contributed by atoms with E-state index in [-0.39, 0.29) is 11.8 Å². The van der Waals surface area contributed by atoms with Crippen LogP contribution in [0.25, 0.3) is 0 Å². The summed E-state index contributed by atoms with van der Waals surface area (Å²) in [6.07, 6.45) is 3.90. The van der Waals surface area contributed by atoms with Crippen molar-refractivity contribution in [2.24, 2.45) is 0 Å². The van der Waals surface area contributed by atoms with Crippen LogP contribution in [0.3, 0.4) is 0 Å². The monoisotopic (exact) mass is 538 g/mol. The van der Waals surface area contributed by atoms with E-state index in [0.29, 0.717) is 29.5 Å². The van der Waals surface area contributed by atoms with Gasteiger partial charge in [0.05, 0.1) is 0 Å². The van der Waals surface area contributed by atoms with Crippen molar-refractivity contribution in [1.82, 2.24) is 15.3 Å². The summed E-state index contributed by atoms with van der Waals surface area (Å²) in [7, 11) is 1.62.